The van der Waals surface area contributed by atoms with Crippen molar-refractivity contribution in [3.63, 3.8) is 0 Å². The zero-order valence-corrected chi connectivity index (χ0v) is 9.02. The monoisotopic (exact) mass is 207 g/mol. The van der Waals surface area contributed by atoms with Crippen molar-refractivity contribution in [2.75, 3.05) is 20.3 Å². The second-order valence-electron chi connectivity index (χ2n) is 4.06. The molecule has 1 atom stereocenters. The largest absolute Gasteiger partial charge is 0.508 e. The van der Waals surface area contributed by atoms with Gasteiger partial charge in [0.25, 0.3) is 0 Å². The van der Waals surface area contributed by atoms with Crippen LogP contribution in [-0.4, -0.2) is 36.3 Å². The highest BCUT2D eigenvalue weighted by Crippen LogP contribution is 2.20. The first-order chi connectivity index (χ1) is 7.27. The lowest BCUT2D eigenvalue weighted by Crippen LogP contribution is -2.31. The normalized spacial score (nSPS) is 21.1. The third kappa shape index (κ3) is 2.49. The zero-order valence-electron chi connectivity index (χ0n) is 9.02. The molecule has 0 radical (unpaired) electrons. The first-order valence-electron chi connectivity index (χ1n) is 5.32. The van der Waals surface area contributed by atoms with Crippen molar-refractivity contribution in [3.8, 4) is 5.75 Å². The van der Waals surface area contributed by atoms with Gasteiger partial charge < -0.3 is 9.84 Å². The van der Waals surface area contributed by atoms with Crippen molar-refractivity contribution in [2.24, 2.45) is 0 Å². The van der Waals surface area contributed by atoms with Crippen LogP contribution in [0.25, 0.3) is 0 Å². The van der Waals surface area contributed by atoms with E-state index in [1.165, 1.54) is 0 Å². The van der Waals surface area contributed by atoms with Gasteiger partial charge in [-0.3, -0.25) is 4.90 Å². The summed E-state index contributed by atoms with van der Waals surface area (Å²) < 4.78 is 5.34. The Morgan fingerprint density at radius 3 is 2.93 bits per heavy atom. The third-order valence-electron chi connectivity index (χ3n) is 2.94. The molecule has 1 unspecified atom stereocenters. The van der Waals surface area contributed by atoms with E-state index in [9.17, 15) is 5.11 Å². The van der Waals surface area contributed by atoms with E-state index in [-0.39, 0.29) is 0 Å². The Balaban J connectivity index is 1.99. The fraction of sp³-hybridized carbons (Fsp3) is 0.500. The van der Waals surface area contributed by atoms with E-state index in [4.69, 9.17) is 4.74 Å². The summed E-state index contributed by atoms with van der Waals surface area (Å²) in [5, 5.41) is 9.64. The Bertz CT molecular complexity index is 321. The standard InChI is InChI=1S/C12H17NO2/c1-13(11-6-7-15-9-11)8-10-4-2-3-5-12(10)14/h2-5,11,14H,6-9H2,1H3. The number of likely N-dealkylation sites (N-methyl/N-ethyl adjacent to an activating group) is 1. The Hall–Kier alpha value is -1.06. The molecule has 1 aromatic carbocycles. The molecule has 0 bridgehead atoms. The van der Waals surface area contributed by atoms with Crippen molar-refractivity contribution < 1.29 is 9.84 Å². The zero-order chi connectivity index (χ0) is 10.7. The molecule has 1 aromatic rings. The number of phenolic OH excluding ortho intramolecular Hbond substituents is 1. The minimum absolute atomic E-state index is 0.378. The summed E-state index contributed by atoms with van der Waals surface area (Å²) in [7, 11) is 2.08. The maximum absolute atomic E-state index is 9.64. The van der Waals surface area contributed by atoms with Crippen molar-refractivity contribution in [1.82, 2.24) is 4.90 Å². The fourth-order valence-corrected chi connectivity index (χ4v) is 1.91. The average molecular weight is 207 g/mol. The lowest BCUT2D eigenvalue weighted by molar-refractivity contribution is 0.156. The maximum atomic E-state index is 9.64. The fourth-order valence-electron chi connectivity index (χ4n) is 1.91. The van der Waals surface area contributed by atoms with Crippen LogP contribution in [0.5, 0.6) is 5.75 Å². The summed E-state index contributed by atoms with van der Waals surface area (Å²) in [6, 6.07) is 7.98. The van der Waals surface area contributed by atoms with Gasteiger partial charge >= 0.3 is 0 Å². The minimum atomic E-state index is 0.378. The molecular formula is C12H17NO2. The Morgan fingerprint density at radius 1 is 1.47 bits per heavy atom. The number of aromatic hydroxyl groups is 1. The molecule has 1 heterocycles. The van der Waals surface area contributed by atoms with Crippen LogP contribution in [0.3, 0.4) is 0 Å². The number of hydrogen-bond acceptors (Lipinski definition) is 3. The third-order valence-corrected chi connectivity index (χ3v) is 2.94. The molecule has 0 saturated carbocycles. The summed E-state index contributed by atoms with van der Waals surface area (Å²) in [5.74, 6) is 0.378. The summed E-state index contributed by atoms with van der Waals surface area (Å²) in [4.78, 5) is 2.24. The molecule has 82 valence electrons. The molecule has 1 N–H and O–H groups in total. The van der Waals surface area contributed by atoms with Gasteiger partial charge in [-0.25, -0.2) is 0 Å². The van der Waals surface area contributed by atoms with Crippen molar-refractivity contribution >= 4 is 0 Å². The highest BCUT2D eigenvalue weighted by atomic mass is 16.5. The van der Waals surface area contributed by atoms with Crippen molar-refractivity contribution in [3.05, 3.63) is 29.8 Å². The first-order valence-corrected chi connectivity index (χ1v) is 5.32. The van der Waals surface area contributed by atoms with E-state index < -0.39 is 0 Å². The molecule has 1 aliphatic heterocycles. The van der Waals surface area contributed by atoms with Gasteiger partial charge in [0.15, 0.2) is 0 Å². The molecule has 1 saturated heterocycles. The second kappa shape index (κ2) is 4.64. The van der Waals surface area contributed by atoms with Crippen molar-refractivity contribution in [1.29, 1.82) is 0 Å². The van der Waals surface area contributed by atoms with Gasteiger partial charge in [-0.2, -0.15) is 0 Å². The lowest BCUT2D eigenvalue weighted by atomic mass is 10.1. The van der Waals surface area contributed by atoms with Crippen LogP contribution in [0.1, 0.15) is 12.0 Å². The van der Waals surface area contributed by atoms with E-state index in [1.54, 1.807) is 6.07 Å². The van der Waals surface area contributed by atoms with Crippen LogP contribution in [0.4, 0.5) is 0 Å². The Labute approximate surface area is 90.3 Å². The van der Waals surface area contributed by atoms with Gasteiger partial charge in [0.1, 0.15) is 5.75 Å². The molecule has 1 aliphatic rings. The SMILES string of the molecule is CN(Cc1ccccc1O)C1CCOC1. The van der Waals surface area contributed by atoms with Gasteiger partial charge in [-0.15, -0.1) is 0 Å². The summed E-state index contributed by atoms with van der Waals surface area (Å²) in [6.45, 7) is 2.45. The van der Waals surface area contributed by atoms with Crippen LogP contribution in [0.2, 0.25) is 0 Å². The summed E-state index contributed by atoms with van der Waals surface area (Å²) >= 11 is 0. The van der Waals surface area contributed by atoms with Gasteiger partial charge in [-0.1, -0.05) is 18.2 Å². The first kappa shape index (κ1) is 10.5. The number of rotatable bonds is 3. The number of ether oxygens (including phenoxy) is 1. The lowest BCUT2D eigenvalue weighted by Gasteiger charge is -2.23. The molecule has 0 aromatic heterocycles. The highest BCUT2D eigenvalue weighted by Gasteiger charge is 2.20. The van der Waals surface area contributed by atoms with Crippen LogP contribution < -0.4 is 0 Å². The molecule has 3 heteroatoms. The number of phenols is 1. The van der Waals surface area contributed by atoms with Crippen LogP contribution in [0.15, 0.2) is 24.3 Å². The van der Waals surface area contributed by atoms with Crippen LogP contribution in [0, 0.1) is 0 Å². The molecule has 0 aliphatic carbocycles. The Kier molecular flexibility index (Phi) is 3.23. The number of hydrogen-bond donors (Lipinski definition) is 1. The smallest absolute Gasteiger partial charge is 0.120 e. The summed E-state index contributed by atoms with van der Waals surface area (Å²) in [5.41, 5.74) is 0.979. The van der Waals surface area contributed by atoms with Crippen molar-refractivity contribution in [2.45, 2.75) is 19.0 Å². The number of benzene rings is 1. The predicted octanol–water partition coefficient (Wildman–Crippen LogP) is 1.61. The van der Waals surface area contributed by atoms with E-state index >= 15 is 0 Å². The molecule has 15 heavy (non-hydrogen) atoms. The van der Waals surface area contributed by atoms with Crippen LogP contribution in [-0.2, 0) is 11.3 Å². The van der Waals surface area contributed by atoms with Gasteiger partial charge in [0, 0.05) is 24.8 Å². The minimum Gasteiger partial charge on any atom is -0.508 e. The molecule has 0 spiro atoms. The molecule has 3 nitrogen and oxygen atoms in total. The van der Waals surface area contributed by atoms with E-state index in [2.05, 4.69) is 11.9 Å². The topological polar surface area (TPSA) is 32.7 Å². The average Bonchev–Trinajstić information content (AvgIpc) is 2.74. The maximum Gasteiger partial charge on any atom is 0.120 e. The molecule has 2 rings (SSSR count). The van der Waals surface area contributed by atoms with Gasteiger partial charge in [0.2, 0.25) is 0 Å². The molecule has 1 fully saturated rings. The van der Waals surface area contributed by atoms with E-state index in [0.29, 0.717) is 11.8 Å². The Morgan fingerprint density at radius 2 is 2.27 bits per heavy atom. The highest BCUT2D eigenvalue weighted by molar-refractivity contribution is 5.31. The number of para-hydroxylation sites is 1. The van der Waals surface area contributed by atoms with Gasteiger partial charge in [-0.05, 0) is 19.5 Å². The quantitative estimate of drug-likeness (QED) is 0.817. The molecule has 0 amide bonds. The van der Waals surface area contributed by atoms with E-state index in [1.807, 2.05) is 18.2 Å². The molecular weight excluding hydrogens is 190 g/mol. The summed E-state index contributed by atoms with van der Waals surface area (Å²) in [6.07, 6.45) is 1.09. The number of nitrogens with zero attached hydrogens (tertiary/aromatic N) is 1. The van der Waals surface area contributed by atoms with E-state index in [0.717, 1.165) is 31.7 Å². The van der Waals surface area contributed by atoms with Crippen LogP contribution >= 0.6 is 0 Å². The predicted molar refractivity (Wildman–Crippen MR) is 58.8 cm³/mol. The second-order valence-corrected chi connectivity index (χ2v) is 4.06. The van der Waals surface area contributed by atoms with Gasteiger partial charge in [0.05, 0.1) is 6.61 Å².